The largest absolute Gasteiger partial charge is 0.316 e. The van der Waals surface area contributed by atoms with Gasteiger partial charge >= 0.3 is 0 Å². The van der Waals surface area contributed by atoms with Crippen molar-refractivity contribution < 1.29 is 0 Å². The Morgan fingerprint density at radius 2 is 2.14 bits per heavy atom. The van der Waals surface area contributed by atoms with Crippen molar-refractivity contribution in [2.45, 2.75) is 26.2 Å². The highest BCUT2D eigenvalue weighted by molar-refractivity contribution is 9.10. The van der Waals surface area contributed by atoms with Gasteiger partial charge in [-0.05, 0) is 55.5 Å². The normalized spacial score (nSPS) is 21.5. The van der Waals surface area contributed by atoms with E-state index in [2.05, 4.69) is 47.2 Å². The molecule has 1 aromatic carbocycles. The molecule has 1 atom stereocenters. The molecule has 1 N–H and O–H groups in total. The molecule has 0 saturated carbocycles. The molecule has 0 bridgehead atoms. The van der Waals surface area contributed by atoms with Crippen LogP contribution in [0.3, 0.4) is 0 Å². The van der Waals surface area contributed by atoms with E-state index in [0.29, 0.717) is 5.92 Å². The van der Waals surface area contributed by atoms with E-state index in [-0.39, 0.29) is 0 Å². The zero-order valence-electron chi connectivity index (χ0n) is 8.73. The minimum atomic E-state index is 0.699. The topological polar surface area (TPSA) is 12.0 Å². The van der Waals surface area contributed by atoms with E-state index in [1.54, 1.807) is 0 Å². The second-order valence-electron chi connectivity index (χ2n) is 4.17. The zero-order valence-corrected chi connectivity index (χ0v) is 10.3. The molecule has 0 amide bonds. The number of hydrogen-bond acceptors (Lipinski definition) is 1. The molecule has 2 rings (SSSR count). The molecule has 1 aliphatic rings. The van der Waals surface area contributed by atoms with Crippen molar-refractivity contribution in [3.05, 3.63) is 33.3 Å². The van der Waals surface area contributed by atoms with Crippen LogP contribution in [0.2, 0.25) is 0 Å². The van der Waals surface area contributed by atoms with Crippen LogP contribution in [0, 0.1) is 13.8 Å². The van der Waals surface area contributed by atoms with E-state index >= 15 is 0 Å². The SMILES string of the molecule is Cc1cc(C)c(C2CCNC2)c(Br)c1. The van der Waals surface area contributed by atoms with Gasteiger partial charge in [0.15, 0.2) is 0 Å². The molecule has 76 valence electrons. The smallest absolute Gasteiger partial charge is 0.0215 e. The number of benzene rings is 1. The Morgan fingerprint density at radius 1 is 1.36 bits per heavy atom. The fourth-order valence-electron chi connectivity index (χ4n) is 2.34. The molecule has 1 aliphatic heterocycles. The summed E-state index contributed by atoms with van der Waals surface area (Å²) >= 11 is 3.68. The third kappa shape index (κ3) is 1.86. The van der Waals surface area contributed by atoms with Crippen molar-refractivity contribution in [1.29, 1.82) is 0 Å². The van der Waals surface area contributed by atoms with Gasteiger partial charge in [0.25, 0.3) is 0 Å². The summed E-state index contributed by atoms with van der Waals surface area (Å²) in [6.45, 7) is 6.65. The maximum Gasteiger partial charge on any atom is 0.0215 e. The lowest BCUT2D eigenvalue weighted by Gasteiger charge is -2.15. The molecule has 0 spiro atoms. The van der Waals surface area contributed by atoms with Gasteiger partial charge in [-0.1, -0.05) is 22.0 Å². The van der Waals surface area contributed by atoms with Crippen LogP contribution in [-0.2, 0) is 0 Å². The molecule has 14 heavy (non-hydrogen) atoms. The lowest BCUT2D eigenvalue weighted by molar-refractivity contribution is 0.753. The minimum Gasteiger partial charge on any atom is -0.316 e. The molecular formula is C12H16BrN. The van der Waals surface area contributed by atoms with Crippen molar-refractivity contribution in [1.82, 2.24) is 5.32 Å². The summed E-state index contributed by atoms with van der Waals surface area (Å²) in [5, 5.41) is 3.42. The Morgan fingerprint density at radius 3 is 2.71 bits per heavy atom. The molecule has 1 unspecified atom stereocenters. The monoisotopic (exact) mass is 253 g/mol. The van der Waals surface area contributed by atoms with E-state index < -0.39 is 0 Å². The van der Waals surface area contributed by atoms with Crippen LogP contribution in [0.15, 0.2) is 16.6 Å². The van der Waals surface area contributed by atoms with E-state index in [1.807, 2.05) is 0 Å². The second-order valence-corrected chi connectivity index (χ2v) is 5.02. The van der Waals surface area contributed by atoms with Crippen LogP contribution < -0.4 is 5.32 Å². The average molecular weight is 254 g/mol. The third-order valence-electron chi connectivity index (χ3n) is 2.95. The summed E-state index contributed by atoms with van der Waals surface area (Å²) in [5.41, 5.74) is 4.26. The molecule has 1 aromatic rings. The first-order chi connectivity index (χ1) is 6.68. The molecule has 0 aliphatic carbocycles. The van der Waals surface area contributed by atoms with Crippen molar-refractivity contribution in [3.8, 4) is 0 Å². The standard InChI is InChI=1S/C12H16BrN/c1-8-5-9(2)12(11(13)6-8)10-3-4-14-7-10/h5-6,10,14H,3-4,7H2,1-2H3. The number of nitrogens with one attached hydrogen (secondary N) is 1. The van der Waals surface area contributed by atoms with Crippen molar-refractivity contribution in [3.63, 3.8) is 0 Å². The highest BCUT2D eigenvalue weighted by Gasteiger charge is 2.20. The van der Waals surface area contributed by atoms with Gasteiger partial charge in [0.1, 0.15) is 0 Å². The summed E-state index contributed by atoms with van der Waals surface area (Å²) in [7, 11) is 0. The van der Waals surface area contributed by atoms with Crippen LogP contribution in [0.4, 0.5) is 0 Å². The molecule has 1 fully saturated rings. The van der Waals surface area contributed by atoms with Gasteiger partial charge in [0.2, 0.25) is 0 Å². The van der Waals surface area contributed by atoms with Crippen LogP contribution >= 0.6 is 15.9 Å². The van der Waals surface area contributed by atoms with E-state index in [4.69, 9.17) is 0 Å². The van der Waals surface area contributed by atoms with Gasteiger partial charge in [0, 0.05) is 11.0 Å². The predicted molar refractivity (Wildman–Crippen MR) is 63.8 cm³/mol. The zero-order chi connectivity index (χ0) is 10.1. The van der Waals surface area contributed by atoms with E-state index in [9.17, 15) is 0 Å². The summed E-state index contributed by atoms with van der Waals surface area (Å²) < 4.78 is 1.28. The molecule has 2 heteroatoms. The second kappa shape index (κ2) is 4.03. The first-order valence-corrected chi connectivity index (χ1v) is 5.95. The highest BCUT2D eigenvalue weighted by atomic mass is 79.9. The number of hydrogen-bond donors (Lipinski definition) is 1. The minimum absolute atomic E-state index is 0.699. The quantitative estimate of drug-likeness (QED) is 0.811. The summed E-state index contributed by atoms with van der Waals surface area (Å²) in [6, 6.07) is 4.50. The van der Waals surface area contributed by atoms with Gasteiger partial charge in [-0.15, -0.1) is 0 Å². The molecule has 0 aromatic heterocycles. The van der Waals surface area contributed by atoms with E-state index in [0.717, 1.165) is 13.1 Å². The molecule has 1 saturated heterocycles. The predicted octanol–water partition coefficient (Wildman–Crippen LogP) is 3.14. The molecule has 1 nitrogen and oxygen atoms in total. The van der Waals surface area contributed by atoms with Gasteiger partial charge in [-0.25, -0.2) is 0 Å². The van der Waals surface area contributed by atoms with Gasteiger partial charge in [0.05, 0.1) is 0 Å². The van der Waals surface area contributed by atoms with Crippen molar-refractivity contribution >= 4 is 15.9 Å². The van der Waals surface area contributed by atoms with E-state index in [1.165, 1.54) is 27.6 Å². The number of rotatable bonds is 1. The lowest BCUT2D eigenvalue weighted by atomic mass is 9.93. The Bertz CT molecular complexity index is 317. The number of aryl methyl sites for hydroxylation is 2. The first-order valence-electron chi connectivity index (χ1n) is 5.16. The maximum atomic E-state index is 3.68. The first kappa shape index (κ1) is 10.2. The summed E-state index contributed by atoms with van der Waals surface area (Å²) in [4.78, 5) is 0. The maximum absolute atomic E-state index is 3.68. The van der Waals surface area contributed by atoms with Gasteiger partial charge in [-0.3, -0.25) is 0 Å². The summed E-state index contributed by atoms with van der Waals surface area (Å²) in [6.07, 6.45) is 1.27. The van der Waals surface area contributed by atoms with Gasteiger partial charge < -0.3 is 5.32 Å². The Hall–Kier alpha value is -0.340. The van der Waals surface area contributed by atoms with Crippen LogP contribution in [0.1, 0.15) is 29.0 Å². The fourth-order valence-corrected chi connectivity index (χ4v) is 3.34. The highest BCUT2D eigenvalue weighted by Crippen LogP contribution is 2.32. The third-order valence-corrected chi connectivity index (χ3v) is 3.61. The van der Waals surface area contributed by atoms with Crippen LogP contribution in [-0.4, -0.2) is 13.1 Å². The lowest BCUT2D eigenvalue weighted by Crippen LogP contribution is -2.09. The van der Waals surface area contributed by atoms with Crippen LogP contribution in [0.5, 0.6) is 0 Å². The van der Waals surface area contributed by atoms with Crippen LogP contribution in [0.25, 0.3) is 0 Å². The Balaban J connectivity index is 2.40. The van der Waals surface area contributed by atoms with Crippen molar-refractivity contribution in [2.24, 2.45) is 0 Å². The average Bonchev–Trinajstić information content (AvgIpc) is 2.54. The number of halogens is 1. The Kier molecular flexibility index (Phi) is 2.93. The molecule has 1 heterocycles. The Labute approximate surface area is 94.0 Å². The molecule has 0 radical (unpaired) electrons. The fraction of sp³-hybridized carbons (Fsp3) is 0.500. The summed E-state index contributed by atoms with van der Waals surface area (Å²) in [5.74, 6) is 0.699. The van der Waals surface area contributed by atoms with Gasteiger partial charge in [-0.2, -0.15) is 0 Å². The van der Waals surface area contributed by atoms with Crippen molar-refractivity contribution in [2.75, 3.05) is 13.1 Å². The molecular weight excluding hydrogens is 238 g/mol.